The van der Waals surface area contributed by atoms with Gasteiger partial charge in [-0.15, -0.1) is 0 Å². The third-order valence-electron chi connectivity index (χ3n) is 6.37. The van der Waals surface area contributed by atoms with Crippen molar-refractivity contribution in [1.29, 1.82) is 0 Å². The summed E-state index contributed by atoms with van der Waals surface area (Å²) in [5, 5.41) is 4.11. The Labute approximate surface area is 186 Å². The van der Waals surface area contributed by atoms with E-state index in [4.69, 9.17) is 4.42 Å². The summed E-state index contributed by atoms with van der Waals surface area (Å²) in [4.78, 5) is 15.9. The molecule has 0 saturated heterocycles. The molecule has 2 aromatic carbocycles. The minimum atomic E-state index is -0.298. The summed E-state index contributed by atoms with van der Waals surface area (Å²) in [7, 11) is 0. The van der Waals surface area contributed by atoms with Crippen molar-refractivity contribution >= 4 is 22.4 Å². The van der Waals surface area contributed by atoms with Gasteiger partial charge in [0.15, 0.2) is 0 Å². The van der Waals surface area contributed by atoms with Crippen LogP contribution in [0.1, 0.15) is 52.9 Å². The van der Waals surface area contributed by atoms with Gasteiger partial charge in [-0.1, -0.05) is 37.6 Å². The van der Waals surface area contributed by atoms with Crippen molar-refractivity contribution in [2.45, 2.75) is 38.6 Å². The SMILES string of the molecule is C=C(c1c(-c2cccc(F)c2)coc1C)c1c[nH]c2cc(C(=O)NC3CCCC3)ccc12. The molecule has 0 spiro atoms. The number of carbonyl (C=O) groups excluding carboxylic acids is 1. The standard InChI is InChI=1S/C27H25FN2O2/c1-16(26-17(2)32-15-24(26)18-6-5-7-20(28)12-18)23-14-29-25-13-19(10-11-22(23)25)27(31)30-21-8-3-4-9-21/h5-7,10-15,21,29H,1,3-4,8-9H2,2H3,(H,30,31). The monoisotopic (exact) mass is 428 g/mol. The van der Waals surface area contributed by atoms with E-state index in [1.54, 1.807) is 12.3 Å². The maximum absolute atomic E-state index is 13.8. The number of carbonyl (C=O) groups is 1. The number of aryl methyl sites for hydroxylation is 1. The van der Waals surface area contributed by atoms with Crippen LogP contribution in [-0.4, -0.2) is 16.9 Å². The minimum Gasteiger partial charge on any atom is -0.468 e. The molecule has 32 heavy (non-hydrogen) atoms. The van der Waals surface area contributed by atoms with E-state index in [1.165, 1.54) is 25.0 Å². The van der Waals surface area contributed by atoms with Crippen LogP contribution in [0.5, 0.6) is 0 Å². The maximum Gasteiger partial charge on any atom is 0.251 e. The minimum absolute atomic E-state index is 0.0344. The van der Waals surface area contributed by atoms with Crippen molar-refractivity contribution in [3.05, 3.63) is 89.8 Å². The fourth-order valence-corrected chi connectivity index (χ4v) is 4.69. The maximum atomic E-state index is 13.8. The normalized spacial score (nSPS) is 14.2. The van der Waals surface area contributed by atoms with Crippen LogP contribution in [0.2, 0.25) is 0 Å². The molecule has 2 N–H and O–H groups in total. The first kappa shape index (κ1) is 20.3. The highest BCUT2D eigenvalue weighted by Crippen LogP contribution is 2.38. The molecule has 0 unspecified atom stereocenters. The van der Waals surface area contributed by atoms with Crippen LogP contribution in [0.15, 0.2) is 65.9 Å². The number of halogens is 1. The molecule has 1 aliphatic carbocycles. The van der Waals surface area contributed by atoms with Crippen LogP contribution in [0.3, 0.4) is 0 Å². The second-order valence-corrected chi connectivity index (χ2v) is 8.49. The van der Waals surface area contributed by atoms with Gasteiger partial charge in [0, 0.05) is 45.4 Å². The highest BCUT2D eigenvalue weighted by molar-refractivity contribution is 6.03. The molecule has 2 aromatic heterocycles. The summed E-state index contributed by atoms with van der Waals surface area (Å²) in [6, 6.07) is 12.4. The van der Waals surface area contributed by atoms with E-state index in [1.807, 2.05) is 37.4 Å². The zero-order valence-electron chi connectivity index (χ0n) is 18.0. The first-order valence-corrected chi connectivity index (χ1v) is 11.0. The van der Waals surface area contributed by atoms with Crippen LogP contribution in [0, 0.1) is 12.7 Å². The summed E-state index contributed by atoms with van der Waals surface area (Å²) in [6.45, 7) is 6.21. The Morgan fingerprint density at radius 3 is 2.78 bits per heavy atom. The number of aromatic nitrogens is 1. The summed E-state index contributed by atoms with van der Waals surface area (Å²) >= 11 is 0. The molecule has 5 rings (SSSR count). The fraction of sp³-hybridized carbons (Fsp3) is 0.222. The molecule has 0 radical (unpaired) electrons. The molecular weight excluding hydrogens is 403 g/mol. The zero-order chi connectivity index (χ0) is 22.2. The molecule has 1 aliphatic rings. The van der Waals surface area contributed by atoms with E-state index in [9.17, 15) is 9.18 Å². The first-order valence-electron chi connectivity index (χ1n) is 11.0. The number of rotatable bonds is 5. The first-order chi connectivity index (χ1) is 15.5. The molecule has 5 heteroatoms. The number of benzene rings is 2. The van der Waals surface area contributed by atoms with Gasteiger partial charge in [0.05, 0.1) is 6.26 Å². The molecular formula is C27H25FN2O2. The predicted molar refractivity (Wildman–Crippen MR) is 125 cm³/mol. The highest BCUT2D eigenvalue weighted by Gasteiger charge is 2.21. The van der Waals surface area contributed by atoms with Crippen LogP contribution in [-0.2, 0) is 0 Å². The Bertz CT molecular complexity index is 1320. The van der Waals surface area contributed by atoms with Crippen molar-refractivity contribution < 1.29 is 13.6 Å². The Balaban J connectivity index is 1.47. The van der Waals surface area contributed by atoms with Gasteiger partial charge in [0.25, 0.3) is 5.91 Å². The number of nitrogens with one attached hydrogen (secondary N) is 2. The van der Waals surface area contributed by atoms with Crippen LogP contribution in [0.4, 0.5) is 4.39 Å². The third kappa shape index (κ3) is 3.64. The van der Waals surface area contributed by atoms with Crippen molar-refractivity contribution in [3.8, 4) is 11.1 Å². The van der Waals surface area contributed by atoms with Gasteiger partial charge >= 0.3 is 0 Å². The van der Waals surface area contributed by atoms with Gasteiger partial charge in [0.1, 0.15) is 11.6 Å². The zero-order valence-corrected chi connectivity index (χ0v) is 18.0. The van der Waals surface area contributed by atoms with E-state index in [0.29, 0.717) is 5.56 Å². The smallest absolute Gasteiger partial charge is 0.251 e. The van der Waals surface area contributed by atoms with E-state index in [0.717, 1.165) is 57.3 Å². The van der Waals surface area contributed by atoms with Gasteiger partial charge in [0.2, 0.25) is 0 Å². The van der Waals surface area contributed by atoms with Crippen molar-refractivity contribution in [1.82, 2.24) is 10.3 Å². The summed E-state index contributed by atoms with van der Waals surface area (Å²) in [6.07, 6.45) is 8.00. The Morgan fingerprint density at radius 1 is 1.19 bits per heavy atom. The number of amides is 1. The van der Waals surface area contributed by atoms with Gasteiger partial charge < -0.3 is 14.7 Å². The van der Waals surface area contributed by atoms with Gasteiger partial charge in [-0.3, -0.25) is 4.79 Å². The lowest BCUT2D eigenvalue weighted by atomic mass is 9.93. The average molecular weight is 429 g/mol. The molecule has 1 amide bonds. The second-order valence-electron chi connectivity index (χ2n) is 8.49. The lowest BCUT2D eigenvalue weighted by Gasteiger charge is -2.12. The molecule has 0 aliphatic heterocycles. The van der Waals surface area contributed by atoms with Crippen molar-refractivity contribution in [2.75, 3.05) is 0 Å². The lowest BCUT2D eigenvalue weighted by molar-refractivity contribution is 0.0938. The van der Waals surface area contributed by atoms with E-state index < -0.39 is 0 Å². The molecule has 1 fully saturated rings. The molecule has 2 heterocycles. The molecule has 0 bridgehead atoms. The van der Waals surface area contributed by atoms with Gasteiger partial charge in [-0.25, -0.2) is 4.39 Å². The lowest BCUT2D eigenvalue weighted by Crippen LogP contribution is -2.32. The molecule has 4 aromatic rings. The molecule has 0 atom stereocenters. The summed E-state index contributed by atoms with van der Waals surface area (Å²) < 4.78 is 19.5. The quantitative estimate of drug-likeness (QED) is 0.376. The van der Waals surface area contributed by atoms with Crippen molar-refractivity contribution in [3.63, 3.8) is 0 Å². The molecule has 162 valence electrons. The van der Waals surface area contributed by atoms with Crippen LogP contribution in [0.25, 0.3) is 27.6 Å². The van der Waals surface area contributed by atoms with Crippen LogP contribution >= 0.6 is 0 Å². The van der Waals surface area contributed by atoms with Gasteiger partial charge in [-0.05, 0) is 55.2 Å². The Hall–Kier alpha value is -3.60. The summed E-state index contributed by atoms with van der Waals surface area (Å²) in [5.74, 6) is 0.387. The predicted octanol–water partition coefficient (Wildman–Crippen LogP) is 6.61. The second kappa shape index (κ2) is 8.15. The number of aromatic amines is 1. The van der Waals surface area contributed by atoms with Gasteiger partial charge in [-0.2, -0.15) is 0 Å². The van der Waals surface area contributed by atoms with E-state index in [-0.39, 0.29) is 17.8 Å². The number of hydrogen-bond donors (Lipinski definition) is 2. The third-order valence-corrected chi connectivity index (χ3v) is 6.37. The number of H-pyrrole nitrogens is 1. The topological polar surface area (TPSA) is 58.0 Å². The largest absolute Gasteiger partial charge is 0.468 e. The number of furan rings is 1. The van der Waals surface area contributed by atoms with Crippen LogP contribution < -0.4 is 5.32 Å². The van der Waals surface area contributed by atoms with E-state index in [2.05, 4.69) is 16.9 Å². The average Bonchev–Trinajstić information content (AvgIpc) is 3.52. The number of hydrogen-bond acceptors (Lipinski definition) is 2. The Kier molecular flexibility index (Phi) is 5.17. The highest BCUT2D eigenvalue weighted by atomic mass is 19.1. The summed E-state index contributed by atoms with van der Waals surface area (Å²) in [5.41, 5.74) is 5.60. The molecule has 1 saturated carbocycles. The van der Waals surface area contributed by atoms with Crippen molar-refractivity contribution in [2.24, 2.45) is 0 Å². The molecule has 4 nitrogen and oxygen atoms in total. The number of fused-ring (bicyclic) bond motifs is 1. The fourth-order valence-electron chi connectivity index (χ4n) is 4.69. The Morgan fingerprint density at radius 2 is 2.00 bits per heavy atom. The van der Waals surface area contributed by atoms with E-state index >= 15 is 0 Å².